The van der Waals surface area contributed by atoms with Gasteiger partial charge in [-0.3, -0.25) is 14.7 Å². The van der Waals surface area contributed by atoms with E-state index in [1.165, 1.54) is 18.2 Å². The maximum absolute atomic E-state index is 11.5. The van der Waals surface area contributed by atoms with E-state index in [0.717, 1.165) is 0 Å². The number of nitrogens with zero attached hydrogens (tertiary/aromatic N) is 1. The van der Waals surface area contributed by atoms with E-state index in [4.69, 9.17) is 0 Å². The van der Waals surface area contributed by atoms with Gasteiger partial charge in [-0.1, -0.05) is 36.4 Å². The van der Waals surface area contributed by atoms with E-state index in [1.807, 2.05) is 0 Å². The van der Waals surface area contributed by atoms with Crippen molar-refractivity contribution in [3.8, 4) is 11.1 Å². The Balaban J connectivity index is 2.82. The molecule has 19 heavy (non-hydrogen) atoms. The predicted octanol–water partition coefficient (Wildman–Crippen LogP) is 2.06. The number of nitro benzene ring substituents is 1. The summed E-state index contributed by atoms with van der Waals surface area (Å²) in [5.41, 5.74) is 0.0292. The minimum atomic E-state index is -4.59. The average molecular weight is 279 g/mol. The van der Waals surface area contributed by atoms with Crippen LogP contribution in [0.1, 0.15) is 0 Å². The van der Waals surface area contributed by atoms with Crippen molar-refractivity contribution in [3.63, 3.8) is 0 Å². The number of nitro groups is 1. The van der Waals surface area contributed by atoms with E-state index in [1.54, 1.807) is 30.3 Å². The van der Waals surface area contributed by atoms with Crippen molar-refractivity contribution in [2.24, 2.45) is 0 Å². The van der Waals surface area contributed by atoms with Gasteiger partial charge < -0.3 is 9.79 Å². The highest BCUT2D eigenvalue weighted by molar-refractivity contribution is 7.60. The standard InChI is InChI=1S/C12H10NO5P/c14-13(15)10-7-4-8-11(19(16,17)18)12(10)9-5-2-1-3-6-9/h1-8H,(H2,16,17,18). The molecule has 0 aromatic heterocycles. The van der Waals surface area contributed by atoms with E-state index < -0.39 is 12.5 Å². The Morgan fingerprint density at radius 2 is 1.63 bits per heavy atom. The second-order valence-electron chi connectivity index (χ2n) is 3.84. The molecule has 7 heteroatoms. The summed E-state index contributed by atoms with van der Waals surface area (Å²) in [5, 5.41) is 10.7. The molecule has 0 unspecified atom stereocenters. The molecule has 0 amide bonds. The first-order valence-electron chi connectivity index (χ1n) is 5.30. The van der Waals surface area contributed by atoms with Gasteiger partial charge in [0.2, 0.25) is 0 Å². The second-order valence-corrected chi connectivity index (χ2v) is 5.41. The first-order chi connectivity index (χ1) is 8.91. The van der Waals surface area contributed by atoms with Crippen LogP contribution >= 0.6 is 7.60 Å². The van der Waals surface area contributed by atoms with Crippen molar-refractivity contribution in [3.05, 3.63) is 58.6 Å². The van der Waals surface area contributed by atoms with E-state index >= 15 is 0 Å². The maximum Gasteiger partial charge on any atom is 0.357 e. The van der Waals surface area contributed by atoms with Crippen LogP contribution in [-0.4, -0.2) is 14.7 Å². The lowest BCUT2D eigenvalue weighted by Gasteiger charge is -2.11. The molecular formula is C12H10NO5P. The van der Waals surface area contributed by atoms with Crippen LogP contribution < -0.4 is 5.30 Å². The van der Waals surface area contributed by atoms with Crippen molar-refractivity contribution in [1.29, 1.82) is 0 Å². The number of rotatable bonds is 3. The van der Waals surface area contributed by atoms with Gasteiger partial charge in [0.25, 0.3) is 5.69 Å². The molecule has 2 N–H and O–H groups in total. The molecule has 2 rings (SSSR count). The smallest absolute Gasteiger partial charge is 0.321 e. The molecule has 0 atom stereocenters. The van der Waals surface area contributed by atoms with Crippen molar-refractivity contribution in [1.82, 2.24) is 0 Å². The van der Waals surface area contributed by atoms with Crippen LogP contribution in [0, 0.1) is 10.1 Å². The first kappa shape index (κ1) is 13.4. The van der Waals surface area contributed by atoms with Crippen molar-refractivity contribution in [2.75, 3.05) is 0 Å². The lowest BCUT2D eigenvalue weighted by molar-refractivity contribution is -0.384. The lowest BCUT2D eigenvalue weighted by Crippen LogP contribution is -2.10. The van der Waals surface area contributed by atoms with Gasteiger partial charge in [0.15, 0.2) is 0 Å². The molecule has 0 spiro atoms. The molecule has 0 aliphatic heterocycles. The number of benzene rings is 2. The minimum absolute atomic E-state index is 0.0403. The van der Waals surface area contributed by atoms with Crippen LogP contribution in [0.25, 0.3) is 11.1 Å². The summed E-state index contributed by atoms with van der Waals surface area (Å²) in [7, 11) is -4.59. The molecule has 0 saturated heterocycles. The van der Waals surface area contributed by atoms with E-state index in [-0.39, 0.29) is 16.6 Å². The Morgan fingerprint density at radius 1 is 1.00 bits per heavy atom. The highest BCUT2D eigenvalue weighted by Crippen LogP contribution is 2.41. The Labute approximate surface area is 108 Å². The summed E-state index contributed by atoms with van der Waals surface area (Å²) in [6.45, 7) is 0. The van der Waals surface area contributed by atoms with E-state index in [2.05, 4.69) is 0 Å². The van der Waals surface area contributed by atoms with Gasteiger partial charge in [0, 0.05) is 6.07 Å². The summed E-state index contributed by atoms with van der Waals surface area (Å²) in [6.07, 6.45) is 0. The monoisotopic (exact) mass is 279 g/mol. The first-order valence-corrected chi connectivity index (χ1v) is 6.91. The largest absolute Gasteiger partial charge is 0.357 e. The summed E-state index contributed by atoms with van der Waals surface area (Å²) in [6, 6.07) is 11.8. The Kier molecular flexibility index (Phi) is 3.48. The summed E-state index contributed by atoms with van der Waals surface area (Å²) < 4.78 is 11.5. The van der Waals surface area contributed by atoms with Crippen LogP contribution in [0.15, 0.2) is 48.5 Å². The average Bonchev–Trinajstić information content (AvgIpc) is 2.37. The quantitative estimate of drug-likeness (QED) is 0.509. The molecule has 0 saturated carbocycles. The Hall–Kier alpha value is -2.01. The van der Waals surface area contributed by atoms with Gasteiger partial charge in [0.1, 0.15) is 0 Å². The molecular weight excluding hydrogens is 269 g/mol. The summed E-state index contributed by atoms with van der Waals surface area (Å²) >= 11 is 0. The molecule has 0 bridgehead atoms. The van der Waals surface area contributed by atoms with E-state index in [0.29, 0.717) is 5.56 Å². The number of hydrogen-bond donors (Lipinski definition) is 2. The van der Waals surface area contributed by atoms with Crippen LogP contribution in [0.3, 0.4) is 0 Å². The second kappa shape index (κ2) is 4.93. The fraction of sp³-hybridized carbons (Fsp3) is 0. The van der Waals surface area contributed by atoms with Gasteiger partial charge in [0.05, 0.1) is 15.8 Å². The zero-order valence-electron chi connectivity index (χ0n) is 9.63. The highest BCUT2D eigenvalue weighted by Gasteiger charge is 2.28. The predicted molar refractivity (Wildman–Crippen MR) is 70.2 cm³/mol. The van der Waals surface area contributed by atoms with Gasteiger partial charge in [-0.05, 0) is 11.6 Å². The number of hydrogen-bond acceptors (Lipinski definition) is 3. The lowest BCUT2D eigenvalue weighted by atomic mass is 10.0. The van der Waals surface area contributed by atoms with Crippen LogP contribution in [0.2, 0.25) is 0 Å². The summed E-state index contributed by atoms with van der Waals surface area (Å²) in [4.78, 5) is 29.0. The topological polar surface area (TPSA) is 101 Å². The zero-order chi connectivity index (χ0) is 14.0. The maximum atomic E-state index is 11.5. The van der Waals surface area contributed by atoms with Crippen molar-refractivity contribution >= 4 is 18.6 Å². The minimum Gasteiger partial charge on any atom is -0.321 e. The third-order valence-corrected chi connectivity index (χ3v) is 3.59. The van der Waals surface area contributed by atoms with Crippen molar-refractivity contribution in [2.45, 2.75) is 0 Å². The van der Waals surface area contributed by atoms with E-state index in [9.17, 15) is 24.5 Å². The van der Waals surface area contributed by atoms with Gasteiger partial charge in [-0.2, -0.15) is 0 Å². The Morgan fingerprint density at radius 3 is 2.16 bits per heavy atom. The van der Waals surface area contributed by atoms with Gasteiger partial charge in [-0.15, -0.1) is 0 Å². The molecule has 2 aromatic carbocycles. The fourth-order valence-electron chi connectivity index (χ4n) is 1.82. The molecule has 2 aromatic rings. The third-order valence-electron chi connectivity index (χ3n) is 2.59. The third kappa shape index (κ3) is 2.71. The molecule has 0 aliphatic carbocycles. The molecule has 98 valence electrons. The SMILES string of the molecule is O=[N+]([O-])c1cccc(P(=O)(O)O)c1-c1ccccc1. The molecule has 0 aliphatic rings. The molecule has 0 fully saturated rings. The Bertz CT molecular complexity index is 665. The molecule has 0 heterocycles. The molecule has 6 nitrogen and oxygen atoms in total. The van der Waals surface area contributed by atoms with Crippen LogP contribution in [0.4, 0.5) is 5.69 Å². The van der Waals surface area contributed by atoms with Gasteiger partial charge in [-0.25, -0.2) is 0 Å². The fourth-order valence-corrected chi connectivity index (χ4v) is 2.64. The normalized spacial score (nSPS) is 11.3. The highest BCUT2D eigenvalue weighted by atomic mass is 31.2. The van der Waals surface area contributed by atoms with Gasteiger partial charge >= 0.3 is 7.60 Å². The molecule has 0 radical (unpaired) electrons. The van der Waals surface area contributed by atoms with Crippen molar-refractivity contribution < 1.29 is 19.3 Å². The van der Waals surface area contributed by atoms with Crippen LogP contribution in [-0.2, 0) is 4.57 Å². The van der Waals surface area contributed by atoms with Crippen LogP contribution in [0.5, 0.6) is 0 Å². The summed E-state index contributed by atoms with van der Waals surface area (Å²) in [5.74, 6) is 0. The zero-order valence-corrected chi connectivity index (χ0v) is 10.5.